The molecule has 2 heterocycles. The van der Waals surface area contributed by atoms with Gasteiger partial charge in [0.05, 0.1) is 6.04 Å². The molecule has 2 rings (SSSR count). The van der Waals surface area contributed by atoms with E-state index >= 15 is 0 Å². The van der Waals surface area contributed by atoms with Gasteiger partial charge in [0.1, 0.15) is 11.5 Å². The summed E-state index contributed by atoms with van der Waals surface area (Å²) in [4.78, 5) is 2.50. The maximum absolute atomic E-state index is 5.93. The molecule has 1 fully saturated rings. The lowest BCUT2D eigenvalue weighted by Crippen LogP contribution is -2.35. The molecule has 1 aromatic heterocycles. The molecule has 2 N–H and O–H groups in total. The van der Waals surface area contributed by atoms with E-state index in [1.807, 2.05) is 13.0 Å². The van der Waals surface area contributed by atoms with Crippen molar-refractivity contribution in [2.24, 2.45) is 5.73 Å². The van der Waals surface area contributed by atoms with Crippen LogP contribution in [-0.4, -0.2) is 24.5 Å². The highest BCUT2D eigenvalue weighted by Gasteiger charge is 2.22. The molecule has 1 atom stereocenters. The average molecular weight is 236 g/mol. The van der Waals surface area contributed by atoms with Crippen LogP contribution in [0.25, 0.3) is 0 Å². The lowest BCUT2D eigenvalue weighted by Gasteiger charge is -2.31. The fraction of sp³-hybridized carbons (Fsp3) is 0.714. The Hall–Kier alpha value is -0.800. The van der Waals surface area contributed by atoms with Crippen LogP contribution in [0.4, 0.5) is 0 Å². The Morgan fingerprint density at radius 2 is 1.82 bits per heavy atom. The molecule has 0 aliphatic carbocycles. The molecule has 0 saturated carbocycles. The quantitative estimate of drug-likeness (QED) is 0.877. The van der Waals surface area contributed by atoms with E-state index in [4.69, 9.17) is 10.2 Å². The molecule has 3 heteroatoms. The first-order valence-electron chi connectivity index (χ1n) is 6.81. The zero-order chi connectivity index (χ0) is 12.1. The number of hydrogen-bond acceptors (Lipinski definition) is 3. The van der Waals surface area contributed by atoms with E-state index in [-0.39, 0.29) is 6.04 Å². The number of hydrogen-bond donors (Lipinski definition) is 1. The van der Waals surface area contributed by atoms with Gasteiger partial charge in [-0.25, -0.2) is 0 Å². The summed E-state index contributed by atoms with van der Waals surface area (Å²) in [5.74, 6) is 2.01. The molecule has 0 aromatic carbocycles. The van der Waals surface area contributed by atoms with Crippen molar-refractivity contribution in [1.29, 1.82) is 0 Å². The largest absolute Gasteiger partial charge is 0.465 e. The summed E-state index contributed by atoms with van der Waals surface area (Å²) in [6.07, 6.45) is 6.67. The molecule has 96 valence electrons. The summed E-state index contributed by atoms with van der Waals surface area (Å²) in [5.41, 5.74) is 5.93. The highest BCUT2D eigenvalue weighted by molar-refractivity contribution is 5.10. The third-order valence-corrected chi connectivity index (χ3v) is 3.64. The number of likely N-dealkylation sites (tertiary alicyclic amines) is 1. The zero-order valence-corrected chi connectivity index (χ0v) is 10.8. The molecule has 0 bridgehead atoms. The fourth-order valence-electron chi connectivity index (χ4n) is 2.66. The molecule has 0 spiro atoms. The van der Waals surface area contributed by atoms with E-state index in [1.54, 1.807) is 0 Å². The zero-order valence-electron chi connectivity index (χ0n) is 10.8. The molecule has 3 nitrogen and oxygen atoms in total. The van der Waals surface area contributed by atoms with Crippen molar-refractivity contribution in [2.45, 2.75) is 45.1 Å². The molecule has 17 heavy (non-hydrogen) atoms. The maximum Gasteiger partial charge on any atom is 0.122 e. The van der Waals surface area contributed by atoms with E-state index in [0.717, 1.165) is 24.6 Å². The summed E-state index contributed by atoms with van der Waals surface area (Å²) in [5, 5.41) is 0. The van der Waals surface area contributed by atoms with Crippen LogP contribution >= 0.6 is 0 Å². The van der Waals surface area contributed by atoms with Crippen molar-refractivity contribution in [2.75, 3.05) is 19.6 Å². The highest BCUT2D eigenvalue weighted by atomic mass is 16.3. The van der Waals surface area contributed by atoms with Crippen molar-refractivity contribution in [1.82, 2.24) is 4.90 Å². The molecule has 1 aliphatic heterocycles. The number of furan rings is 1. The molecule has 1 saturated heterocycles. The lowest BCUT2D eigenvalue weighted by atomic mass is 10.1. The third kappa shape index (κ3) is 3.33. The minimum Gasteiger partial charge on any atom is -0.465 e. The highest BCUT2D eigenvalue weighted by Crippen LogP contribution is 2.24. The second-order valence-electron chi connectivity index (χ2n) is 5.00. The van der Waals surface area contributed by atoms with E-state index in [1.165, 1.54) is 32.1 Å². The van der Waals surface area contributed by atoms with Crippen LogP contribution in [0.3, 0.4) is 0 Å². The molecule has 0 amide bonds. The Morgan fingerprint density at radius 3 is 2.35 bits per heavy atom. The first-order chi connectivity index (χ1) is 8.31. The predicted octanol–water partition coefficient (Wildman–Crippen LogP) is 2.85. The minimum absolute atomic E-state index is 0.266. The van der Waals surface area contributed by atoms with Gasteiger partial charge in [-0.05, 0) is 45.0 Å². The number of nitrogens with two attached hydrogens (primary N) is 1. The predicted molar refractivity (Wildman–Crippen MR) is 69.9 cm³/mol. The van der Waals surface area contributed by atoms with Gasteiger partial charge < -0.3 is 10.2 Å². The van der Waals surface area contributed by atoms with E-state index in [2.05, 4.69) is 11.0 Å². The van der Waals surface area contributed by atoms with Crippen molar-refractivity contribution >= 4 is 0 Å². The summed E-state index contributed by atoms with van der Waals surface area (Å²) in [6, 6.07) is 4.37. The Bertz CT molecular complexity index is 327. The first kappa shape index (κ1) is 12.7. The van der Waals surface area contributed by atoms with Crippen LogP contribution < -0.4 is 5.73 Å². The van der Waals surface area contributed by atoms with Gasteiger partial charge in [-0.2, -0.15) is 0 Å². The number of nitrogens with zero attached hydrogens (tertiary/aromatic N) is 1. The fourth-order valence-corrected chi connectivity index (χ4v) is 2.66. The van der Waals surface area contributed by atoms with Gasteiger partial charge in [-0.1, -0.05) is 19.3 Å². The van der Waals surface area contributed by atoms with Crippen molar-refractivity contribution in [3.8, 4) is 0 Å². The molecular weight excluding hydrogens is 212 g/mol. The summed E-state index contributed by atoms with van der Waals surface area (Å²) >= 11 is 0. The Labute approximate surface area is 104 Å². The normalized spacial score (nSPS) is 20.8. The van der Waals surface area contributed by atoms with Crippen molar-refractivity contribution in [3.05, 3.63) is 23.7 Å². The topological polar surface area (TPSA) is 42.4 Å². The monoisotopic (exact) mass is 236 g/mol. The van der Waals surface area contributed by atoms with Gasteiger partial charge >= 0.3 is 0 Å². The van der Waals surface area contributed by atoms with E-state index in [9.17, 15) is 0 Å². The van der Waals surface area contributed by atoms with Crippen LogP contribution in [0.15, 0.2) is 16.5 Å². The average Bonchev–Trinajstić information content (AvgIpc) is 2.68. The molecule has 0 radical (unpaired) electrons. The van der Waals surface area contributed by atoms with Gasteiger partial charge in [0.25, 0.3) is 0 Å². The molecule has 1 aromatic rings. The summed E-state index contributed by atoms with van der Waals surface area (Å²) in [6.45, 7) is 4.95. The van der Waals surface area contributed by atoms with Gasteiger partial charge in [0, 0.05) is 6.54 Å². The number of aryl methyl sites for hydroxylation is 1. The summed E-state index contributed by atoms with van der Waals surface area (Å²) in [7, 11) is 0. The summed E-state index contributed by atoms with van der Waals surface area (Å²) < 4.78 is 5.74. The van der Waals surface area contributed by atoms with Crippen LogP contribution in [0.2, 0.25) is 0 Å². The minimum atomic E-state index is 0.266. The molecule has 1 unspecified atom stereocenters. The third-order valence-electron chi connectivity index (χ3n) is 3.64. The van der Waals surface area contributed by atoms with Gasteiger partial charge in [-0.15, -0.1) is 0 Å². The van der Waals surface area contributed by atoms with Gasteiger partial charge in [-0.3, -0.25) is 4.90 Å². The van der Waals surface area contributed by atoms with Crippen LogP contribution in [0, 0.1) is 6.92 Å². The van der Waals surface area contributed by atoms with E-state index < -0.39 is 0 Å². The van der Waals surface area contributed by atoms with Gasteiger partial charge in [0.2, 0.25) is 0 Å². The lowest BCUT2D eigenvalue weighted by molar-refractivity contribution is 0.163. The number of rotatable bonds is 3. The smallest absolute Gasteiger partial charge is 0.122 e. The Kier molecular flexibility index (Phi) is 4.63. The second-order valence-corrected chi connectivity index (χ2v) is 5.00. The van der Waals surface area contributed by atoms with Gasteiger partial charge in [0.15, 0.2) is 0 Å². The Morgan fingerprint density at radius 1 is 1.18 bits per heavy atom. The Balaban J connectivity index is 2.05. The SMILES string of the molecule is Cc1ccc(C(CN)N2CCCCCCC2)o1. The first-order valence-corrected chi connectivity index (χ1v) is 6.81. The molecule has 1 aliphatic rings. The maximum atomic E-state index is 5.93. The second kappa shape index (κ2) is 6.22. The van der Waals surface area contributed by atoms with Crippen LogP contribution in [0.1, 0.15) is 49.7 Å². The van der Waals surface area contributed by atoms with Crippen LogP contribution in [0.5, 0.6) is 0 Å². The van der Waals surface area contributed by atoms with Crippen molar-refractivity contribution in [3.63, 3.8) is 0 Å². The van der Waals surface area contributed by atoms with Crippen molar-refractivity contribution < 1.29 is 4.42 Å². The standard InChI is InChI=1S/C14H24N2O/c1-12-7-8-14(17-12)13(11-15)16-9-5-3-2-4-6-10-16/h7-8,13H,2-6,9-11,15H2,1H3. The molecular formula is C14H24N2O. The van der Waals surface area contributed by atoms with Crippen LogP contribution in [-0.2, 0) is 0 Å². The van der Waals surface area contributed by atoms with E-state index in [0.29, 0.717) is 6.54 Å².